The molecule has 4 N–H and O–H groups in total. The Morgan fingerprint density at radius 3 is 2.64 bits per heavy atom. The molecule has 0 aliphatic carbocycles. The van der Waals surface area contributed by atoms with Crippen LogP contribution in [0.4, 0.5) is 10.1 Å². The smallest absolute Gasteiger partial charge is 0.250 e. The zero-order chi connectivity index (χ0) is 10.9. The van der Waals surface area contributed by atoms with E-state index in [9.17, 15) is 9.18 Å². The average molecular weight is 261 g/mol. The lowest BCUT2D eigenvalue weighted by molar-refractivity contribution is 0.100. The third-order valence-corrected chi connectivity index (χ3v) is 2.82. The minimum atomic E-state index is -0.719. The second-order valence-corrected chi connectivity index (χ2v) is 3.64. The molecule has 0 heterocycles. The Bertz CT molecular complexity index is 393. The summed E-state index contributed by atoms with van der Waals surface area (Å²) >= 11 is 3.07. The minimum absolute atomic E-state index is 0.0301. The summed E-state index contributed by atoms with van der Waals surface area (Å²) < 4.78 is 13.7. The maximum absolute atomic E-state index is 13.4. The lowest BCUT2D eigenvalue weighted by Gasteiger charge is -2.09. The van der Waals surface area contributed by atoms with Gasteiger partial charge in [-0.15, -0.1) is 0 Å². The van der Waals surface area contributed by atoms with Crippen molar-refractivity contribution in [3.8, 4) is 0 Å². The van der Waals surface area contributed by atoms with Crippen molar-refractivity contribution < 1.29 is 9.18 Å². The van der Waals surface area contributed by atoms with Gasteiger partial charge in [-0.25, -0.2) is 4.39 Å². The highest BCUT2D eigenvalue weighted by atomic mass is 79.9. The number of hydrogen-bond donors (Lipinski definition) is 2. The Hall–Kier alpha value is -1.10. The summed E-state index contributed by atoms with van der Waals surface area (Å²) in [7, 11) is 0. The maximum atomic E-state index is 13.4. The van der Waals surface area contributed by atoms with Crippen LogP contribution in [0.25, 0.3) is 0 Å². The van der Waals surface area contributed by atoms with Gasteiger partial charge in [0, 0.05) is 0 Å². The first-order valence-corrected chi connectivity index (χ1v) is 4.84. The van der Waals surface area contributed by atoms with Gasteiger partial charge in [0.1, 0.15) is 0 Å². The van der Waals surface area contributed by atoms with Crippen LogP contribution in [0.5, 0.6) is 0 Å². The fraction of sp³-hybridized carbons (Fsp3) is 0.222. The molecular weight excluding hydrogens is 251 g/mol. The molecule has 0 saturated heterocycles. The quantitative estimate of drug-likeness (QED) is 0.797. The standard InChI is InChI=1S/C9H10BrFN2O/c1-2-4-3-5(9(13)14)8(12)7(11)6(4)10/h3H,2,12H2,1H3,(H2,13,14). The van der Waals surface area contributed by atoms with Gasteiger partial charge in [-0.05, 0) is 34.0 Å². The van der Waals surface area contributed by atoms with Crippen molar-refractivity contribution >= 4 is 27.5 Å². The number of carbonyl (C=O) groups excluding carboxylic acids is 1. The van der Waals surface area contributed by atoms with Gasteiger partial charge in [-0.3, -0.25) is 4.79 Å². The van der Waals surface area contributed by atoms with Crippen molar-refractivity contribution in [1.29, 1.82) is 0 Å². The zero-order valence-corrected chi connectivity index (χ0v) is 9.19. The fourth-order valence-electron chi connectivity index (χ4n) is 1.15. The molecule has 76 valence electrons. The number of nitrogen functional groups attached to an aromatic ring is 1. The molecule has 0 radical (unpaired) electrons. The summed E-state index contributed by atoms with van der Waals surface area (Å²) in [6.07, 6.45) is 0.595. The molecule has 3 nitrogen and oxygen atoms in total. The Morgan fingerprint density at radius 2 is 2.21 bits per heavy atom. The third kappa shape index (κ3) is 1.72. The molecule has 1 amide bonds. The predicted octanol–water partition coefficient (Wildman–Crippen LogP) is 1.83. The highest BCUT2D eigenvalue weighted by Gasteiger charge is 2.16. The molecule has 0 bridgehead atoms. The van der Waals surface area contributed by atoms with Crippen molar-refractivity contribution in [2.24, 2.45) is 5.73 Å². The van der Waals surface area contributed by atoms with Crippen LogP contribution in [0.2, 0.25) is 0 Å². The number of benzene rings is 1. The molecule has 0 fully saturated rings. The summed E-state index contributed by atoms with van der Waals surface area (Å²) in [5.41, 5.74) is 11.0. The molecule has 0 aromatic heterocycles. The van der Waals surface area contributed by atoms with E-state index < -0.39 is 11.7 Å². The van der Waals surface area contributed by atoms with Gasteiger partial charge in [0.25, 0.3) is 5.91 Å². The third-order valence-electron chi connectivity index (χ3n) is 1.97. The second kappa shape index (κ2) is 3.96. The lowest BCUT2D eigenvalue weighted by Crippen LogP contribution is -2.15. The van der Waals surface area contributed by atoms with Gasteiger partial charge in [0.2, 0.25) is 0 Å². The molecule has 1 rings (SSSR count). The number of primary amides is 1. The minimum Gasteiger partial charge on any atom is -0.396 e. The molecule has 0 aliphatic heterocycles. The SMILES string of the molecule is CCc1cc(C(N)=O)c(N)c(F)c1Br. The number of rotatable bonds is 2. The van der Waals surface area contributed by atoms with Crippen LogP contribution in [-0.2, 0) is 6.42 Å². The van der Waals surface area contributed by atoms with E-state index in [4.69, 9.17) is 11.5 Å². The maximum Gasteiger partial charge on any atom is 0.250 e. The first kappa shape index (κ1) is 11.0. The van der Waals surface area contributed by atoms with Crippen LogP contribution in [0.3, 0.4) is 0 Å². The van der Waals surface area contributed by atoms with Crippen LogP contribution in [0.15, 0.2) is 10.5 Å². The van der Waals surface area contributed by atoms with Gasteiger partial charge in [0.15, 0.2) is 5.82 Å². The van der Waals surface area contributed by atoms with Crippen LogP contribution in [0.1, 0.15) is 22.8 Å². The average Bonchev–Trinajstić information content (AvgIpc) is 2.14. The molecule has 0 aliphatic rings. The number of halogens is 2. The normalized spacial score (nSPS) is 10.2. The van der Waals surface area contributed by atoms with E-state index in [1.54, 1.807) is 0 Å². The Kier molecular flexibility index (Phi) is 3.10. The molecule has 1 aromatic carbocycles. The van der Waals surface area contributed by atoms with E-state index in [2.05, 4.69) is 15.9 Å². The molecule has 0 spiro atoms. The summed E-state index contributed by atoms with van der Waals surface area (Å²) in [6.45, 7) is 1.85. The van der Waals surface area contributed by atoms with Crippen molar-refractivity contribution in [3.05, 3.63) is 27.5 Å². The van der Waals surface area contributed by atoms with E-state index >= 15 is 0 Å². The molecule has 0 saturated carbocycles. The van der Waals surface area contributed by atoms with Crippen LogP contribution in [-0.4, -0.2) is 5.91 Å². The Balaban J connectivity index is 3.48. The lowest BCUT2D eigenvalue weighted by atomic mass is 10.1. The van der Waals surface area contributed by atoms with Crippen molar-refractivity contribution in [1.82, 2.24) is 0 Å². The summed E-state index contributed by atoms with van der Waals surface area (Å²) in [5, 5.41) is 0. The first-order valence-electron chi connectivity index (χ1n) is 4.05. The van der Waals surface area contributed by atoms with Crippen molar-refractivity contribution in [2.75, 3.05) is 5.73 Å². The van der Waals surface area contributed by atoms with Gasteiger partial charge >= 0.3 is 0 Å². The van der Waals surface area contributed by atoms with Crippen LogP contribution >= 0.6 is 15.9 Å². The van der Waals surface area contributed by atoms with Crippen LogP contribution in [0, 0.1) is 5.82 Å². The van der Waals surface area contributed by atoms with Gasteiger partial charge in [0.05, 0.1) is 15.7 Å². The van der Waals surface area contributed by atoms with Crippen LogP contribution < -0.4 is 11.5 Å². The molecule has 1 aromatic rings. The molecule has 0 atom stereocenters. The largest absolute Gasteiger partial charge is 0.396 e. The van der Waals surface area contributed by atoms with Gasteiger partial charge in [-0.2, -0.15) is 0 Å². The fourth-order valence-corrected chi connectivity index (χ4v) is 1.76. The molecule has 0 unspecified atom stereocenters. The van der Waals surface area contributed by atoms with E-state index in [1.165, 1.54) is 6.07 Å². The zero-order valence-electron chi connectivity index (χ0n) is 7.60. The van der Waals surface area contributed by atoms with E-state index in [0.29, 0.717) is 16.5 Å². The number of amides is 1. The summed E-state index contributed by atoms with van der Waals surface area (Å²) in [4.78, 5) is 10.9. The number of nitrogens with two attached hydrogens (primary N) is 2. The molecule has 5 heteroatoms. The highest BCUT2D eigenvalue weighted by Crippen LogP contribution is 2.28. The van der Waals surface area contributed by atoms with Crippen molar-refractivity contribution in [2.45, 2.75) is 13.3 Å². The monoisotopic (exact) mass is 260 g/mol. The predicted molar refractivity (Wildman–Crippen MR) is 56.4 cm³/mol. The summed E-state index contributed by atoms with van der Waals surface area (Å²) in [5.74, 6) is -1.35. The van der Waals surface area contributed by atoms with E-state index in [-0.39, 0.29) is 11.3 Å². The number of hydrogen-bond acceptors (Lipinski definition) is 2. The first-order chi connectivity index (χ1) is 6.49. The van der Waals surface area contributed by atoms with Gasteiger partial charge in [-0.1, -0.05) is 6.92 Å². The molecular formula is C9H10BrFN2O. The number of aryl methyl sites for hydroxylation is 1. The summed E-state index contributed by atoms with van der Waals surface area (Å²) in [6, 6.07) is 1.50. The molecule has 14 heavy (non-hydrogen) atoms. The number of anilines is 1. The topological polar surface area (TPSA) is 69.1 Å². The number of carbonyl (C=O) groups is 1. The second-order valence-electron chi connectivity index (χ2n) is 2.84. The van der Waals surface area contributed by atoms with Crippen molar-refractivity contribution in [3.63, 3.8) is 0 Å². The van der Waals surface area contributed by atoms with E-state index in [1.807, 2.05) is 6.92 Å². The van der Waals surface area contributed by atoms with Gasteiger partial charge < -0.3 is 11.5 Å². The Morgan fingerprint density at radius 1 is 1.64 bits per heavy atom. The Labute approximate surface area is 89.4 Å². The van der Waals surface area contributed by atoms with E-state index in [0.717, 1.165) is 0 Å². The highest BCUT2D eigenvalue weighted by molar-refractivity contribution is 9.10.